The molecule has 2 heterocycles. The van der Waals surface area contributed by atoms with Gasteiger partial charge >= 0.3 is 5.69 Å². The molecule has 0 saturated heterocycles. The zero-order valence-electron chi connectivity index (χ0n) is 11.1. The summed E-state index contributed by atoms with van der Waals surface area (Å²) in [5.74, 6) is 0.692. The van der Waals surface area contributed by atoms with Crippen molar-refractivity contribution in [3.05, 3.63) is 70.9 Å². The highest BCUT2D eigenvalue weighted by atomic mass is 16.1. The number of imidazole rings is 1. The van der Waals surface area contributed by atoms with Crippen LogP contribution in [0.15, 0.2) is 53.8 Å². The summed E-state index contributed by atoms with van der Waals surface area (Å²) in [6, 6.07) is 9.80. The highest BCUT2D eigenvalue weighted by Gasteiger charge is 2.16. The first-order valence-electron chi connectivity index (χ1n) is 6.42. The minimum Gasteiger partial charge on any atom is -0.327 e. The van der Waals surface area contributed by atoms with E-state index in [2.05, 4.69) is 15.2 Å². The van der Waals surface area contributed by atoms with Gasteiger partial charge in [-0.25, -0.2) is 14.9 Å². The van der Waals surface area contributed by atoms with Gasteiger partial charge in [-0.05, 0) is 12.5 Å². The fourth-order valence-electron chi connectivity index (χ4n) is 2.20. The van der Waals surface area contributed by atoms with Gasteiger partial charge in [0.2, 0.25) is 0 Å². The van der Waals surface area contributed by atoms with Crippen molar-refractivity contribution >= 4 is 0 Å². The molecule has 0 bridgehead atoms. The number of H-pyrrole nitrogens is 1. The van der Waals surface area contributed by atoms with Crippen LogP contribution in [0.1, 0.15) is 24.4 Å². The third kappa shape index (κ3) is 2.27. The zero-order valence-corrected chi connectivity index (χ0v) is 11.1. The molecule has 0 spiro atoms. The van der Waals surface area contributed by atoms with Crippen LogP contribution in [-0.2, 0) is 6.54 Å². The van der Waals surface area contributed by atoms with E-state index in [-0.39, 0.29) is 11.7 Å². The molecule has 102 valence electrons. The lowest BCUT2D eigenvalue weighted by molar-refractivity contribution is 0.556. The van der Waals surface area contributed by atoms with Gasteiger partial charge in [0.05, 0.1) is 18.9 Å². The molecule has 0 fully saturated rings. The molecule has 1 unspecified atom stereocenters. The number of nitrogens with zero attached hydrogens (tertiary/aromatic N) is 4. The fraction of sp³-hybridized carbons (Fsp3) is 0.214. The molecule has 0 aliphatic heterocycles. The summed E-state index contributed by atoms with van der Waals surface area (Å²) in [6.07, 6.45) is 5.29. The largest absolute Gasteiger partial charge is 0.343 e. The first-order valence-corrected chi connectivity index (χ1v) is 6.42. The normalized spacial score (nSPS) is 12.4. The highest BCUT2D eigenvalue weighted by Crippen LogP contribution is 2.14. The maximum atomic E-state index is 11.9. The minimum absolute atomic E-state index is 0.0554. The van der Waals surface area contributed by atoms with Crippen molar-refractivity contribution in [3.63, 3.8) is 0 Å². The molecule has 3 aromatic rings. The molecule has 3 rings (SSSR count). The second-order valence-electron chi connectivity index (χ2n) is 4.64. The third-order valence-electron chi connectivity index (χ3n) is 3.32. The van der Waals surface area contributed by atoms with Crippen LogP contribution in [0.5, 0.6) is 0 Å². The molecule has 0 amide bonds. The number of aromatic amines is 1. The smallest absolute Gasteiger partial charge is 0.327 e. The van der Waals surface area contributed by atoms with E-state index >= 15 is 0 Å². The number of aromatic nitrogens is 5. The molecule has 0 aliphatic rings. The Morgan fingerprint density at radius 1 is 1.30 bits per heavy atom. The summed E-state index contributed by atoms with van der Waals surface area (Å²) in [5, 5.41) is 6.67. The standard InChI is InChI=1S/C14H15N5O/c1-11(18-8-7-15-10-18)13-16-17-14(20)19(13)9-12-5-3-2-4-6-12/h2-8,10-11H,9H2,1H3,(H,17,20). The van der Waals surface area contributed by atoms with Crippen molar-refractivity contribution in [2.24, 2.45) is 0 Å². The van der Waals surface area contributed by atoms with Crippen LogP contribution >= 0.6 is 0 Å². The van der Waals surface area contributed by atoms with E-state index in [1.54, 1.807) is 17.1 Å². The van der Waals surface area contributed by atoms with Crippen LogP contribution in [0, 0.1) is 0 Å². The van der Waals surface area contributed by atoms with Crippen LogP contribution in [0.4, 0.5) is 0 Å². The summed E-state index contributed by atoms with van der Waals surface area (Å²) >= 11 is 0. The van der Waals surface area contributed by atoms with E-state index in [9.17, 15) is 4.79 Å². The quantitative estimate of drug-likeness (QED) is 0.779. The Labute approximate surface area is 115 Å². The molecule has 0 saturated carbocycles. The summed E-state index contributed by atoms with van der Waals surface area (Å²) < 4.78 is 3.57. The number of hydrogen-bond donors (Lipinski definition) is 1. The molecule has 0 aliphatic carbocycles. The second-order valence-corrected chi connectivity index (χ2v) is 4.64. The average molecular weight is 269 g/mol. The van der Waals surface area contributed by atoms with Gasteiger partial charge in [0.25, 0.3) is 0 Å². The van der Waals surface area contributed by atoms with Gasteiger partial charge < -0.3 is 4.57 Å². The van der Waals surface area contributed by atoms with Gasteiger partial charge in [0.15, 0.2) is 5.82 Å². The van der Waals surface area contributed by atoms with Crippen LogP contribution in [-0.4, -0.2) is 24.3 Å². The van der Waals surface area contributed by atoms with Gasteiger partial charge in [-0.2, -0.15) is 5.10 Å². The molecule has 1 atom stereocenters. The Bertz CT molecular complexity index is 727. The highest BCUT2D eigenvalue weighted by molar-refractivity contribution is 5.16. The Balaban J connectivity index is 1.96. The molecule has 1 aromatic carbocycles. The van der Waals surface area contributed by atoms with Crippen molar-refractivity contribution < 1.29 is 0 Å². The summed E-state index contributed by atoms with van der Waals surface area (Å²) in [4.78, 5) is 16.0. The monoisotopic (exact) mass is 269 g/mol. The zero-order chi connectivity index (χ0) is 13.9. The maximum absolute atomic E-state index is 11.9. The molecule has 6 heteroatoms. The summed E-state index contributed by atoms with van der Waals surface area (Å²) in [5.41, 5.74) is 0.867. The second kappa shape index (κ2) is 5.16. The number of nitrogens with one attached hydrogen (secondary N) is 1. The molecular weight excluding hydrogens is 254 g/mol. The van der Waals surface area contributed by atoms with Crippen LogP contribution in [0.3, 0.4) is 0 Å². The predicted molar refractivity (Wildman–Crippen MR) is 74.4 cm³/mol. The van der Waals surface area contributed by atoms with Crippen LogP contribution in [0.2, 0.25) is 0 Å². The van der Waals surface area contributed by atoms with Crippen molar-refractivity contribution in [1.29, 1.82) is 0 Å². The lowest BCUT2D eigenvalue weighted by atomic mass is 10.2. The van der Waals surface area contributed by atoms with E-state index in [0.717, 1.165) is 5.56 Å². The first-order chi connectivity index (χ1) is 9.75. The summed E-state index contributed by atoms with van der Waals surface area (Å²) in [7, 11) is 0. The Morgan fingerprint density at radius 2 is 2.10 bits per heavy atom. The lowest BCUT2D eigenvalue weighted by Crippen LogP contribution is -2.22. The first kappa shape index (κ1) is 12.4. The SMILES string of the molecule is CC(c1n[nH]c(=O)n1Cc1ccccc1)n1ccnc1. The van der Waals surface area contributed by atoms with Gasteiger partial charge in [0.1, 0.15) is 0 Å². The summed E-state index contributed by atoms with van der Waals surface area (Å²) in [6.45, 7) is 2.49. The average Bonchev–Trinajstić information content (AvgIpc) is 3.11. The van der Waals surface area contributed by atoms with E-state index in [1.165, 1.54) is 0 Å². The van der Waals surface area contributed by atoms with Gasteiger partial charge in [-0.3, -0.25) is 4.57 Å². The molecular formula is C14H15N5O. The fourth-order valence-corrected chi connectivity index (χ4v) is 2.20. The van der Waals surface area contributed by atoms with Crippen molar-refractivity contribution in [2.45, 2.75) is 19.5 Å². The van der Waals surface area contributed by atoms with E-state index in [1.807, 2.05) is 48.0 Å². The predicted octanol–water partition coefficient (Wildman–Crippen LogP) is 1.43. The molecule has 20 heavy (non-hydrogen) atoms. The van der Waals surface area contributed by atoms with Crippen molar-refractivity contribution in [3.8, 4) is 0 Å². The Morgan fingerprint density at radius 3 is 2.80 bits per heavy atom. The van der Waals surface area contributed by atoms with Gasteiger partial charge in [-0.15, -0.1) is 0 Å². The van der Waals surface area contributed by atoms with Crippen molar-refractivity contribution in [1.82, 2.24) is 24.3 Å². The molecule has 6 nitrogen and oxygen atoms in total. The number of rotatable bonds is 4. The maximum Gasteiger partial charge on any atom is 0.343 e. The van der Waals surface area contributed by atoms with E-state index in [4.69, 9.17) is 0 Å². The Hall–Kier alpha value is -2.63. The minimum atomic E-state index is -0.198. The number of hydrogen-bond acceptors (Lipinski definition) is 3. The molecule has 2 aromatic heterocycles. The van der Waals surface area contributed by atoms with E-state index in [0.29, 0.717) is 12.4 Å². The van der Waals surface area contributed by atoms with Crippen molar-refractivity contribution in [2.75, 3.05) is 0 Å². The van der Waals surface area contributed by atoms with Gasteiger partial charge in [0, 0.05) is 12.4 Å². The Kier molecular flexibility index (Phi) is 3.20. The third-order valence-corrected chi connectivity index (χ3v) is 3.32. The van der Waals surface area contributed by atoms with Crippen LogP contribution < -0.4 is 5.69 Å². The van der Waals surface area contributed by atoms with Crippen LogP contribution in [0.25, 0.3) is 0 Å². The van der Waals surface area contributed by atoms with Gasteiger partial charge in [-0.1, -0.05) is 30.3 Å². The topological polar surface area (TPSA) is 68.5 Å². The van der Waals surface area contributed by atoms with E-state index < -0.39 is 0 Å². The molecule has 1 N–H and O–H groups in total. The number of benzene rings is 1. The lowest BCUT2D eigenvalue weighted by Gasteiger charge is -2.13. The molecule has 0 radical (unpaired) electrons.